The van der Waals surface area contributed by atoms with E-state index in [4.69, 9.17) is 16.3 Å². The fourth-order valence-electron chi connectivity index (χ4n) is 1.93. The van der Waals surface area contributed by atoms with Crippen LogP contribution in [0.3, 0.4) is 0 Å². The molecule has 0 aromatic carbocycles. The van der Waals surface area contributed by atoms with Gasteiger partial charge in [-0.1, -0.05) is 17.7 Å². The first-order valence-corrected chi connectivity index (χ1v) is 5.66. The maximum atomic E-state index is 5.88. The van der Waals surface area contributed by atoms with E-state index in [1.807, 2.05) is 12.1 Å². The van der Waals surface area contributed by atoms with Gasteiger partial charge < -0.3 is 9.64 Å². The Balaban J connectivity index is 2.18. The molecule has 1 unspecified atom stereocenters. The predicted octanol–water partition coefficient (Wildman–Crippen LogP) is 2.35. The van der Waals surface area contributed by atoms with Gasteiger partial charge in [0.15, 0.2) is 0 Å². The topological polar surface area (TPSA) is 25.4 Å². The minimum absolute atomic E-state index is 0.445. The number of hydrogen-bond donors (Lipinski definition) is 0. The van der Waals surface area contributed by atoms with Gasteiger partial charge in [-0.25, -0.2) is 4.98 Å². The third-order valence-electron chi connectivity index (χ3n) is 2.68. The van der Waals surface area contributed by atoms with E-state index in [9.17, 15) is 0 Å². The average Bonchev–Trinajstić information content (AvgIpc) is 2.72. The molecule has 0 aliphatic carbocycles. The maximum absolute atomic E-state index is 5.88. The lowest BCUT2D eigenvalue weighted by atomic mass is 10.2. The third kappa shape index (κ3) is 2.41. The average molecular weight is 227 g/mol. The highest BCUT2D eigenvalue weighted by Gasteiger charge is 2.23. The van der Waals surface area contributed by atoms with Gasteiger partial charge in [0.05, 0.1) is 12.6 Å². The number of likely N-dealkylation sites (N-methyl/N-ethyl adjacent to an activating group) is 1. The van der Waals surface area contributed by atoms with Crippen LogP contribution in [0.4, 0.5) is 5.82 Å². The Labute approximate surface area is 95.0 Å². The van der Waals surface area contributed by atoms with Gasteiger partial charge in [0.2, 0.25) is 0 Å². The second-order valence-corrected chi connectivity index (χ2v) is 4.01. The number of pyridine rings is 1. The first-order chi connectivity index (χ1) is 7.31. The summed E-state index contributed by atoms with van der Waals surface area (Å²) in [5, 5.41) is 0.546. The monoisotopic (exact) mass is 226 g/mol. The minimum Gasteiger partial charge on any atom is -0.379 e. The first-order valence-electron chi connectivity index (χ1n) is 5.28. The minimum atomic E-state index is 0.445. The number of ether oxygens (including phenoxy) is 1. The Bertz CT molecular complexity index is 326. The molecule has 0 amide bonds. The molecule has 0 N–H and O–H groups in total. The van der Waals surface area contributed by atoms with E-state index in [0.29, 0.717) is 11.2 Å². The van der Waals surface area contributed by atoms with E-state index >= 15 is 0 Å². The van der Waals surface area contributed by atoms with E-state index in [-0.39, 0.29) is 0 Å². The van der Waals surface area contributed by atoms with Gasteiger partial charge in [0, 0.05) is 13.2 Å². The zero-order chi connectivity index (χ0) is 10.7. The summed E-state index contributed by atoms with van der Waals surface area (Å²) >= 11 is 5.88. The maximum Gasteiger partial charge on any atom is 0.131 e. The van der Waals surface area contributed by atoms with E-state index in [1.54, 1.807) is 6.07 Å². The summed E-state index contributed by atoms with van der Waals surface area (Å²) in [5.41, 5.74) is 0. The fourth-order valence-corrected chi connectivity index (χ4v) is 2.09. The van der Waals surface area contributed by atoms with Crippen LogP contribution in [0.5, 0.6) is 0 Å². The van der Waals surface area contributed by atoms with Crippen molar-refractivity contribution in [3.8, 4) is 0 Å². The molecule has 1 saturated heterocycles. The van der Waals surface area contributed by atoms with Gasteiger partial charge in [0.1, 0.15) is 11.0 Å². The lowest BCUT2D eigenvalue weighted by Gasteiger charge is -2.27. The van der Waals surface area contributed by atoms with Gasteiger partial charge >= 0.3 is 0 Å². The van der Waals surface area contributed by atoms with Gasteiger partial charge in [0.25, 0.3) is 0 Å². The molecule has 1 aliphatic heterocycles. The van der Waals surface area contributed by atoms with Crippen LogP contribution in [-0.2, 0) is 4.74 Å². The summed E-state index contributed by atoms with van der Waals surface area (Å²) < 4.78 is 5.39. The Kier molecular flexibility index (Phi) is 3.44. The van der Waals surface area contributed by atoms with Crippen molar-refractivity contribution in [2.45, 2.75) is 19.4 Å². The zero-order valence-electron chi connectivity index (χ0n) is 8.82. The molecule has 82 valence electrons. The molecule has 1 aromatic rings. The number of halogens is 1. The SMILES string of the molecule is CCN(c1cccc(Cl)n1)C1CCOC1. The zero-order valence-corrected chi connectivity index (χ0v) is 9.57. The molecule has 0 radical (unpaired) electrons. The Morgan fingerprint density at radius 2 is 2.47 bits per heavy atom. The van der Waals surface area contributed by atoms with Gasteiger partial charge in [-0.05, 0) is 25.5 Å². The molecular weight excluding hydrogens is 212 g/mol. The van der Waals surface area contributed by atoms with Crippen molar-refractivity contribution in [3.63, 3.8) is 0 Å². The summed E-state index contributed by atoms with van der Waals surface area (Å²) in [5.74, 6) is 0.945. The third-order valence-corrected chi connectivity index (χ3v) is 2.89. The summed E-state index contributed by atoms with van der Waals surface area (Å²) in [6.45, 7) is 4.70. The van der Waals surface area contributed by atoms with E-state index in [2.05, 4.69) is 16.8 Å². The summed E-state index contributed by atoms with van der Waals surface area (Å²) in [7, 11) is 0. The number of nitrogens with zero attached hydrogens (tertiary/aromatic N) is 2. The molecule has 1 atom stereocenters. The fraction of sp³-hybridized carbons (Fsp3) is 0.545. The number of aromatic nitrogens is 1. The second-order valence-electron chi connectivity index (χ2n) is 3.62. The van der Waals surface area contributed by atoms with Crippen molar-refractivity contribution in [1.82, 2.24) is 4.98 Å². The van der Waals surface area contributed by atoms with Crippen molar-refractivity contribution in [2.75, 3.05) is 24.7 Å². The van der Waals surface area contributed by atoms with Crippen molar-refractivity contribution >= 4 is 17.4 Å². The molecule has 0 bridgehead atoms. The highest BCUT2D eigenvalue weighted by molar-refractivity contribution is 6.29. The Morgan fingerprint density at radius 3 is 3.07 bits per heavy atom. The van der Waals surface area contributed by atoms with Crippen LogP contribution in [-0.4, -0.2) is 30.8 Å². The molecule has 3 nitrogen and oxygen atoms in total. The van der Waals surface area contributed by atoms with Crippen LogP contribution in [0.15, 0.2) is 18.2 Å². The van der Waals surface area contributed by atoms with Gasteiger partial charge in [-0.2, -0.15) is 0 Å². The first kappa shape index (κ1) is 10.7. The standard InChI is InChI=1S/C11H15ClN2O/c1-2-14(9-6-7-15-8-9)11-5-3-4-10(12)13-11/h3-5,9H,2,6-8H2,1H3. The predicted molar refractivity (Wildman–Crippen MR) is 61.5 cm³/mol. The Hall–Kier alpha value is -0.800. The molecule has 2 rings (SSSR count). The normalized spacial score (nSPS) is 20.5. The quantitative estimate of drug-likeness (QED) is 0.740. The molecule has 15 heavy (non-hydrogen) atoms. The van der Waals surface area contributed by atoms with E-state index in [0.717, 1.165) is 32.0 Å². The molecule has 1 aliphatic rings. The van der Waals surface area contributed by atoms with Crippen molar-refractivity contribution in [2.24, 2.45) is 0 Å². The van der Waals surface area contributed by atoms with E-state index < -0.39 is 0 Å². The molecule has 4 heteroatoms. The van der Waals surface area contributed by atoms with E-state index in [1.165, 1.54) is 0 Å². The number of anilines is 1. The molecule has 0 saturated carbocycles. The van der Waals surface area contributed by atoms with Crippen LogP contribution in [0.1, 0.15) is 13.3 Å². The van der Waals surface area contributed by atoms with Crippen LogP contribution < -0.4 is 4.90 Å². The van der Waals surface area contributed by atoms with Gasteiger partial charge in [-0.15, -0.1) is 0 Å². The molecule has 2 heterocycles. The number of rotatable bonds is 3. The van der Waals surface area contributed by atoms with Gasteiger partial charge in [-0.3, -0.25) is 0 Å². The summed E-state index contributed by atoms with van der Waals surface area (Å²) in [6, 6.07) is 6.17. The highest BCUT2D eigenvalue weighted by atomic mass is 35.5. The molecule has 0 spiro atoms. The lowest BCUT2D eigenvalue weighted by molar-refractivity contribution is 0.193. The molecule has 1 fully saturated rings. The van der Waals surface area contributed by atoms with Crippen LogP contribution in [0.25, 0.3) is 0 Å². The number of hydrogen-bond acceptors (Lipinski definition) is 3. The van der Waals surface area contributed by atoms with Crippen molar-refractivity contribution < 1.29 is 4.74 Å². The molecular formula is C11H15ClN2O. The lowest BCUT2D eigenvalue weighted by Crippen LogP contribution is -2.36. The second kappa shape index (κ2) is 4.81. The van der Waals surface area contributed by atoms with Crippen molar-refractivity contribution in [3.05, 3.63) is 23.4 Å². The van der Waals surface area contributed by atoms with Crippen LogP contribution in [0, 0.1) is 0 Å². The van der Waals surface area contributed by atoms with Crippen LogP contribution in [0.2, 0.25) is 5.15 Å². The summed E-state index contributed by atoms with van der Waals surface area (Å²) in [4.78, 5) is 6.57. The van der Waals surface area contributed by atoms with Crippen LogP contribution >= 0.6 is 11.6 Å². The molecule has 1 aromatic heterocycles. The summed E-state index contributed by atoms with van der Waals surface area (Å²) in [6.07, 6.45) is 1.07. The Morgan fingerprint density at radius 1 is 1.60 bits per heavy atom. The largest absolute Gasteiger partial charge is 0.379 e. The smallest absolute Gasteiger partial charge is 0.131 e. The highest BCUT2D eigenvalue weighted by Crippen LogP contribution is 2.20. The van der Waals surface area contributed by atoms with Crippen molar-refractivity contribution in [1.29, 1.82) is 0 Å².